The van der Waals surface area contributed by atoms with E-state index in [1.807, 2.05) is 6.07 Å². The molecule has 5 nitrogen and oxygen atoms in total. The fourth-order valence-corrected chi connectivity index (χ4v) is 5.69. The Kier molecular flexibility index (Phi) is 8.41. The highest BCUT2D eigenvalue weighted by molar-refractivity contribution is 5.85. The summed E-state index contributed by atoms with van der Waals surface area (Å²) < 4.78 is 32.8. The maximum absolute atomic E-state index is 14.9. The minimum atomic E-state index is -0.357. The van der Waals surface area contributed by atoms with Crippen LogP contribution >= 0.6 is 0 Å². The predicted molar refractivity (Wildman–Crippen MR) is 128 cm³/mol. The van der Waals surface area contributed by atoms with Crippen molar-refractivity contribution in [3.05, 3.63) is 29.6 Å². The van der Waals surface area contributed by atoms with Gasteiger partial charge in [0.1, 0.15) is 30.6 Å². The van der Waals surface area contributed by atoms with Gasteiger partial charge in [0, 0.05) is 5.56 Å². The number of carbonyl (C=O) groups is 2. The van der Waals surface area contributed by atoms with Crippen molar-refractivity contribution >= 4 is 11.6 Å². The summed E-state index contributed by atoms with van der Waals surface area (Å²) in [4.78, 5) is 23.0. The van der Waals surface area contributed by atoms with Crippen LogP contribution in [-0.4, -0.2) is 44.1 Å². The average molecular weight is 475 g/mol. The Morgan fingerprint density at radius 1 is 1.00 bits per heavy atom. The van der Waals surface area contributed by atoms with Crippen LogP contribution in [-0.2, 0) is 19.1 Å². The predicted octanol–water partition coefficient (Wildman–Crippen LogP) is 5.64. The van der Waals surface area contributed by atoms with Gasteiger partial charge in [-0.3, -0.25) is 9.59 Å². The molecule has 34 heavy (non-hydrogen) atoms. The van der Waals surface area contributed by atoms with E-state index in [0.29, 0.717) is 36.4 Å². The van der Waals surface area contributed by atoms with Crippen molar-refractivity contribution in [1.29, 1.82) is 0 Å². The number of Topliss-reactive ketones (excluding diaryl/α,β-unsaturated/α-hetero) is 2. The molecule has 0 aliphatic heterocycles. The number of rotatable bonds is 12. The topological polar surface area (TPSA) is 61.8 Å². The fraction of sp³-hybridized carbons (Fsp3) is 0.714. The van der Waals surface area contributed by atoms with Gasteiger partial charge in [0.25, 0.3) is 0 Å². The van der Waals surface area contributed by atoms with Crippen molar-refractivity contribution in [2.75, 3.05) is 26.4 Å². The molecule has 3 aliphatic carbocycles. The quantitative estimate of drug-likeness (QED) is 0.392. The molecule has 2 atom stereocenters. The molecule has 0 spiro atoms. The van der Waals surface area contributed by atoms with E-state index in [4.69, 9.17) is 14.2 Å². The van der Waals surface area contributed by atoms with E-state index in [-0.39, 0.29) is 41.4 Å². The molecule has 188 valence electrons. The second kappa shape index (κ2) is 11.3. The van der Waals surface area contributed by atoms with Gasteiger partial charge >= 0.3 is 0 Å². The second-order valence-corrected chi connectivity index (χ2v) is 10.8. The molecule has 0 aromatic heterocycles. The third-order valence-corrected chi connectivity index (χ3v) is 8.20. The Morgan fingerprint density at radius 2 is 1.71 bits per heavy atom. The van der Waals surface area contributed by atoms with Gasteiger partial charge in [0.2, 0.25) is 0 Å². The lowest BCUT2D eigenvalue weighted by Crippen LogP contribution is -2.27. The molecule has 1 aromatic rings. The maximum Gasteiger partial charge on any atom is 0.155 e. The lowest BCUT2D eigenvalue weighted by molar-refractivity contribution is -0.123. The van der Waals surface area contributed by atoms with Crippen LogP contribution < -0.4 is 4.74 Å². The number of hydrogen-bond acceptors (Lipinski definition) is 5. The van der Waals surface area contributed by atoms with Gasteiger partial charge in [0.15, 0.2) is 5.78 Å². The molecule has 4 rings (SSSR count). The van der Waals surface area contributed by atoms with Crippen molar-refractivity contribution in [1.82, 2.24) is 0 Å². The first-order valence-corrected chi connectivity index (χ1v) is 13.0. The molecule has 0 bridgehead atoms. The molecule has 1 aromatic carbocycles. The Hall–Kier alpha value is -1.79. The summed E-state index contributed by atoms with van der Waals surface area (Å²) in [6, 6.07) is 5.04. The SMILES string of the molecule is CC(=O)COC[C@@H]1CCC[C@H]1CO[C@H]1CC[C@@H](c2c(F)cccc2OCC2(C(C)=O)CC2)CC1. The molecule has 0 amide bonds. The summed E-state index contributed by atoms with van der Waals surface area (Å²) in [5, 5.41) is 0. The van der Waals surface area contributed by atoms with Gasteiger partial charge in [-0.05, 0) is 95.1 Å². The molecular formula is C28H39FO5. The summed E-state index contributed by atoms with van der Waals surface area (Å²) in [6.07, 6.45) is 8.98. The van der Waals surface area contributed by atoms with Gasteiger partial charge in [-0.2, -0.15) is 0 Å². The number of ketones is 2. The van der Waals surface area contributed by atoms with Crippen LogP contribution in [0.2, 0.25) is 0 Å². The van der Waals surface area contributed by atoms with E-state index in [2.05, 4.69) is 0 Å². The lowest BCUT2D eigenvalue weighted by atomic mass is 9.82. The minimum Gasteiger partial charge on any atom is -0.492 e. The Morgan fingerprint density at radius 3 is 2.35 bits per heavy atom. The number of hydrogen-bond donors (Lipinski definition) is 0. The molecule has 0 saturated heterocycles. The van der Waals surface area contributed by atoms with Crippen molar-refractivity contribution < 1.29 is 28.2 Å². The molecular weight excluding hydrogens is 435 g/mol. The van der Waals surface area contributed by atoms with Crippen LogP contribution in [0.1, 0.15) is 83.1 Å². The van der Waals surface area contributed by atoms with Crippen molar-refractivity contribution in [2.45, 2.75) is 83.7 Å². The van der Waals surface area contributed by atoms with Crippen LogP contribution in [0.25, 0.3) is 0 Å². The number of carbonyl (C=O) groups excluding carboxylic acids is 2. The standard InChI is InChI=1S/C28H39FO5/c1-19(30)15-32-16-22-5-3-6-23(22)17-33-24-11-9-21(10-12-24)27-25(29)7-4-8-26(27)34-18-28(13-14-28)20(2)31/h4,7-8,21-24H,3,5-6,9-18H2,1-2H3/t21-,22-,23-,24+/m0/s1. The first-order valence-electron chi connectivity index (χ1n) is 13.0. The third-order valence-electron chi connectivity index (χ3n) is 8.20. The van der Waals surface area contributed by atoms with Gasteiger partial charge in [-0.15, -0.1) is 0 Å². The molecule has 3 aliphatic rings. The Bertz CT molecular complexity index is 856. The summed E-state index contributed by atoms with van der Waals surface area (Å²) >= 11 is 0. The zero-order valence-corrected chi connectivity index (χ0v) is 20.7. The fourth-order valence-electron chi connectivity index (χ4n) is 5.69. The molecule has 0 N–H and O–H groups in total. The van der Waals surface area contributed by atoms with E-state index in [9.17, 15) is 14.0 Å². The lowest BCUT2D eigenvalue weighted by Gasteiger charge is -2.31. The largest absolute Gasteiger partial charge is 0.492 e. The average Bonchev–Trinajstić information content (AvgIpc) is 3.49. The summed E-state index contributed by atoms with van der Waals surface area (Å²) in [7, 11) is 0. The first kappa shape index (κ1) is 25.3. The van der Waals surface area contributed by atoms with Gasteiger partial charge in [-0.25, -0.2) is 4.39 Å². The molecule has 0 radical (unpaired) electrons. The van der Waals surface area contributed by atoms with Gasteiger partial charge in [-0.1, -0.05) is 12.5 Å². The van der Waals surface area contributed by atoms with Crippen LogP contribution in [0.5, 0.6) is 5.75 Å². The zero-order chi connectivity index (χ0) is 24.1. The van der Waals surface area contributed by atoms with Crippen LogP contribution in [0.3, 0.4) is 0 Å². The highest BCUT2D eigenvalue weighted by atomic mass is 19.1. The maximum atomic E-state index is 14.9. The molecule has 0 unspecified atom stereocenters. The van der Waals surface area contributed by atoms with Gasteiger partial charge in [0.05, 0.1) is 24.7 Å². The van der Waals surface area contributed by atoms with E-state index in [1.54, 1.807) is 19.9 Å². The monoisotopic (exact) mass is 474 g/mol. The normalized spacial score (nSPS) is 28.0. The molecule has 3 saturated carbocycles. The van der Waals surface area contributed by atoms with E-state index >= 15 is 0 Å². The number of benzene rings is 1. The molecule has 6 heteroatoms. The van der Waals surface area contributed by atoms with Crippen LogP contribution in [0.4, 0.5) is 4.39 Å². The number of halogens is 1. The summed E-state index contributed by atoms with van der Waals surface area (Å²) in [6.45, 7) is 5.10. The summed E-state index contributed by atoms with van der Waals surface area (Å²) in [5.74, 6) is 1.69. The van der Waals surface area contributed by atoms with E-state index in [1.165, 1.54) is 12.5 Å². The minimum absolute atomic E-state index is 0.0665. The zero-order valence-electron chi connectivity index (χ0n) is 20.7. The highest BCUT2D eigenvalue weighted by Gasteiger charge is 2.48. The molecule has 3 fully saturated rings. The highest BCUT2D eigenvalue weighted by Crippen LogP contribution is 2.47. The second-order valence-electron chi connectivity index (χ2n) is 10.8. The number of ether oxygens (including phenoxy) is 3. The molecule has 0 heterocycles. The van der Waals surface area contributed by atoms with Crippen molar-refractivity contribution in [2.24, 2.45) is 17.3 Å². The summed E-state index contributed by atoms with van der Waals surface area (Å²) in [5.41, 5.74) is 0.309. The van der Waals surface area contributed by atoms with Crippen LogP contribution in [0, 0.1) is 23.1 Å². The Labute approximate surface area is 202 Å². The Balaban J connectivity index is 1.26. The van der Waals surface area contributed by atoms with Gasteiger partial charge < -0.3 is 14.2 Å². The third kappa shape index (κ3) is 6.25. The smallest absolute Gasteiger partial charge is 0.155 e. The first-order chi connectivity index (χ1) is 16.4. The van der Waals surface area contributed by atoms with Crippen molar-refractivity contribution in [3.63, 3.8) is 0 Å². The van der Waals surface area contributed by atoms with E-state index < -0.39 is 0 Å². The van der Waals surface area contributed by atoms with Crippen LogP contribution in [0.15, 0.2) is 18.2 Å². The van der Waals surface area contributed by atoms with E-state index in [0.717, 1.165) is 58.0 Å². The van der Waals surface area contributed by atoms with Crippen molar-refractivity contribution in [3.8, 4) is 5.75 Å².